The van der Waals surface area contributed by atoms with Gasteiger partial charge in [-0.15, -0.1) is 0 Å². The first-order chi connectivity index (χ1) is 7.47. The number of rotatable bonds is 0. The molecule has 1 heterocycles. The third kappa shape index (κ3) is 2.48. The van der Waals surface area contributed by atoms with Gasteiger partial charge in [0.2, 0.25) is 0 Å². The van der Waals surface area contributed by atoms with Crippen LogP contribution in [-0.4, -0.2) is 41.7 Å². The second-order valence-electron chi connectivity index (χ2n) is 5.74. The van der Waals surface area contributed by atoms with Crippen LogP contribution in [0, 0.1) is 0 Å². The number of morpholine rings is 1. The van der Waals surface area contributed by atoms with Gasteiger partial charge in [-0.3, -0.25) is 0 Å². The number of guanidine groups is 1. The van der Waals surface area contributed by atoms with Crippen LogP contribution in [0.3, 0.4) is 0 Å². The molecule has 0 aromatic carbocycles. The highest BCUT2D eigenvalue weighted by molar-refractivity contribution is 5.79. The van der Waals surface area contributed by atoms with Gasteiger partial charge in [0.1, 0.15) is 0 Å². The van der Waals surface area contributed by atoms with E-state index < -0.39 is 0 Å². The Kier molecular flexibility index (Phi) is 3.10. The molecule has 4 nitrogen and oxygen atoms in total. The normalized spacial score (nSPS) is 31.7. The molecule has 16 heavy (non-hydrogen) atoms. The van der Waals surface area contributed by atoms with Crippen molar-refractivity contribution < 1.29 is 4.74 Å². The number of aliphatic imine (C=N–C) groups is 1. The lowest BCUT2D eigenvalue weighted by molar-refractivity contribution is -0.0299. The molecule has 0 bridgehead atoms. The topological polar surface area (TPSA) is 50.8 Å². The van der Waals surface area contributed by atoms with Gasteiger partial charge in [0, 0.05) is 6.54 Å². The van der Waals surface area contributed by atoms with Crippen LogP contribution in [0.15, 0.2) is 4.99 Å². The summed E-state index contributed by atoms with van der Waals surface area (Å²) in [6.45, 7) is 7.89. The van der Waals surface area contributed by atoms with Crippen LogP contribution in [-0.2, 0) is 4.74 Å². The van der Waals surface area contributed by atoms with Crippen LogP contribution in [0.2, 0.25) is 0 Å². The maximum atomic E-state index is 6.11. The highest BCUT2D eigenvalue weighted by atomic mass is 16.5. The summed E-state index contributed by atoms with van der Waals surface area (Å²) in [4.78, 5) is 6.80. The van der Waals surface area contributed by atoms with E-state index in [1.54, 1.807) is 0 Å². The first-order valence-corrected chi connectivity index (χ1v) is 6.21. The Hall–Kier alpha value is -0.770. The van der Waals surface area contributed by atoms with Crippen molar-refractivity contribution >= 4 is 5.96 Å². The molecule has 1 aliphatic carbocycles. The average molecular weight is 225 g/mol. The van der Waals surface area contributed by atoms with E-state index in [4.69, 9.17) is 10.5 Å². The zero-order valence-electron chi connectivity index (χ0n) is 10.6. The smallest absolute Gasteiger partial charge is 0.192 e. The van der Waals surface area contributed by atoms with Crippen molar-refractivity contribution in [2.45, 2.75) is 57.7 Å². The Morgan fingerprint density at radius 3 is 2.81 bits per heavy atom. The maximum absolute atomic E-state index is 6.11. The van der Waals surface area contributed by atoms with Crippen molar-refractivity contribution in [1.29, 1.82) is 0 Å². The van der Waals surface area contributed by atoms with E-state index in [0.29, 0.717) is 18.1 Å². The highest BCUT2D eigenvalue weighted by Gasteiger charge is 2.37. The molecule has 2 fully saturated rings. The Morgan fingerprint density at radius 2 is 2.12 bits per heavy atom. The standard InChI is InChI=1S/C12H23N3O/c1-12(2,3)14-11(13)15-7-8-16-10-6-4-5-9(10)15/h9-10H,4-8H2,1-3H3,(H2,13,14). The van der Waals surface area contributed by atoms with Crippen molar-refractivity contribution in [3.8, 4) is 0 Å². The first-order valence-electron chi connectivity index (χ1n) is 6.21. The summed E-state index contributed by atoms with van der Waals surface area (Å²) in [6, 6.07) is 0.458. The Labute approximate surface area is 97.9 Å². The molecule has 0 amide bonds. The van der Waals surface area contributed by atoms with Crippen molar-refractivity contribution in [2.75, 3.05) is 13.2 Å². The van der Waals surface area contributed by atoms with Crippen LogP contribution in [0.25, 0.3) is 0 Å². The summed E-state index contributed by atoms with van der Waals surface area (Å²) >= 11 is 0. The maximum Gasteiger partial charge on any atom is 0.192 e. The molecule has 2 rings (SSSR count). The molecular weight excluding hydrogens is 202 g/mol. The fraction of sp³-hybridized carbons (Fsp3) is 0.917. The van der Waals surface area contributed by atoms with Gasteiger partial charge in [-0.2, -0.15) is 0 Å². The Morgan fingerprint density at radius 1 is 1.38 bits per heavy atom. The summed E-state index contributed by atoms with van der Waals surface area (Å²) in [5, 5.41) is 0. The van der Waals surface area contributed by atoms with E-state index in [0.717, 1.165) is 13.2 Å². The largest absolute Gasteiger partial charge is 0.374 e. The van der Waals surface area contributed by atoms with Gasteiger partial charge in [-0.05, 0) is 40.0 Å². The van der Waals surface area contributed by atoms with E-state index in [1.165, 1.54) is 19.3 Å². The van der Waals surface area contributed by atoms with Crippen LogP contribution >= 0.6 is 0 Å². The zero-order chi connectivity index (χ0) is 11.8. The van der Waals surface area contributed by atoms with Gasteiger partial charge in [0.25, 0.3) is 0 Å². The van der Waals surface area contributed by atoms with Gasteiger partial charge in [-0.25, -0.2) is 4.99 Å². The fourth-order valence-electron chi connectivity index (χ4n) is 2.62. The second-order valence-corrected chi connectivity index (χ2v) is 5.74. The second kappa shape index (κ2) is 4.24. The lowest BCUT2D eigenvalue weighted by Crippen LogP contribution is -2.54. The SMILES string of the molecule is CC(C)(C)N=C(N)N1CCOC2CCCC21. The summed E-state index contributed by atoms with van der Waals surface area (Å²) in [5.41, 5.74) is 6.01. The van der Waals surface area contributed by atoms with Crippen LogP contribution in [0.1, 0.15) is 40.0 Å². The van der Waals surface area contributed by atoms with Gasteiger partial charge < -0.3 is 15.4 Å². The van der Waals surface area contributed by atoms with E-state index in [2.05, 4.69) is 30.7 Å². The summed E-state index contributed by atoms with van der Waals surface area (Å²) < 4.78 is 5.76. The monoisotopic (exact) mass is 225 g/mol. The summed E-state index contributed by atoms with van der Waals surface area (Å²) in [7, 11) is 0. The molecule has 92 valence electrons. The molecule has 2 aliphatic rings. The van der Waals surface area contributed by atoms with Gasteiger partial charge in [0.05, 0.1) is 24.3 Å². The predicted molar refractivity (Wildman–Crippen MR) is 65.5 cm³/mol. The Bertz CT molecular complexity index is 282. The minimum absolute atomic E-state index is 0.101. The third-order valence-corrected chi connectivity index (χ3v) is 3.23. The van der Waals surface area contributed by atoms with E-state index >= 15 is 0 Å². The lowest BCUT2D eigenvalue weighted by Gasteiger charge is -2.39. The molecule has 0 aromatic rings. The molecule has 2 N–H and O–H groups in total. The number of fused-ring (bicyclic) bond motifs is 1. The van der Waals surface area contributed by atoms with Gasteiger partial charge >= 0.3 is 0 Å². The van der Waals surface area contributed by atoms with Crippen molar-refractivity contribution in [3.63, 3.8) is 0 Å². The predicted octanol–water partition coefficient (Wildman–Crippen LogP) is 1.35. The lowest BCUT2D eigenvalue weighted by atomic mass is 10.1. The van der Waals surface area contributed by atoms with Crippen molar-refractivity contribution in [1.82, 2.24) is 4.90 Å². The zero-order valence-corrected chi connectivity index (χ0v) is 10.6. The van der Waals surface area contributed by atoms with Gasteiger partial charge in [-0.1, -0.05) is 0 Å². The molecule has 4 heteroatoms. The van der Waals surface area contributed by atoms with Gasteiger partial charge in [0.15, 0.2) is 5.96 Å². The van der Waals surface area contributed by atoms with E-state index in [9.17, 15) is 0 Å². The van der Waals surface area contributed by atoms with E-state index in [1.807, 2.05) is 0 Å². The molecule has 0 radical (unpaired) electrons. The molecule has 2 atom stereocenters. The first kappa shape index (κ1) is 11.7. The highest BCUT2D eigenvalue weighted by Crippen LogP contribution is 2.29. The Balaban J connectivity index is 2.10. The van der Waals surface area contributed by atoms with Crippen LogP contribution in [0.4, 0.5) is 0 Å². The molecule has 1 saturated heterocycles. The quantitative estimate of drug-likeness (QED) is 0.500. The number of nitrogens with two attached hydrogens (primary N) is 1. The number of hydrogen-bond donors (Lipinski definition) is 1. The minimum Gasteiger partial charge on any atom is -0.374 e. The third-order valence-electron chi connectivity index (χ3n) is 3.23. The molecule has 1 aliphatic heterocycles. The molecule has 0 spiro atoms. The van der Waals surface area contributed by atoms with Crippen molar-refractivity contribution in [2.24, 2.45) is 10.7 Å². The fourth-order valence-corrected chi connectivity index (χ4v) is 2.62. The van der Waals surface area contributed by atoms with E-state index in [-0.39, 0.29) is 5.54 Å². The summed E-state index contributed by atoms with van der Waals surface area (Å²) in [6.07, 6.45) is 3.98. The van der Waals surface area contributed by atoms with Crippen molar-refractivity contribution in [3.05, 3.63) is 0 Å². The molecular formula is C12H23N3O. The number of nitrogens with zero attached hydrogens (tertiary/aromatic N) is 2. The summed E-state index contributed by atoms with van der Waals surface area (Å²) in [5.74, 6) is 0.688. The molecule has 1 saturated carbocycles. The number of ether oxygens (including phenoxy) is 1. The molecule has 2 unspecified atom stereocenters. The van der Waals surface area contributed by atoms with Crippen LogP contribution < -0.4 is 5.73 Å². The average Bonchev–Trinajstić information content (AvgIpc) is 2.61. The number of hydrogen-bond acceptors (Lipinski definition) is 2. The minimum atomic E-state index is -0.101. The van der Waals surface area contributed by atoms with Crippen LogP contribution in [0.5, 0.6) is 0 Å². The molecule has 0 aromatic heterocycles.